The third kappa shape index (κ3) is 6.59. The summed E-state index contributed by atoms with van der Waals surface area (Å²) in [5.74, 6) is -0.192. The van der Waals surface area contributed by atoms with Crippen molar-refractivity contribution >= 4 is 11.8 Å². The van der Waals surface area contributed by atoms with Gasteiger partial charge in [-0.25, -0.2) is 0 Å². The van der Waals surface area contributed by atoms with Crippen molar-refractivity contribution in [1.82, 2.24) is 15.5 Å². The second-order valence-electron chi connectivity index (χ2n) is 4.74. The Hall–Kier alpha value is -1.10. The van der Waals surface area contributed by atoms with E-state index in [4.69, 9.17) is 0 Å². The predicted octanol–water partition coefficient (Wildman–Crippen LogP) is 0.605. The zero-order valence-corrected chi connectivity index (χ0v) is 12.2. The van der Waals surface area contributed by atoms with E-state index in [0.29, 0.717) is 6.54 Å². The van der Waals surface area contributed by atoms with Gasteiger partial charge in [-0.05, 0) is 19.0 Å². The van der Waals surface area contributed by atoms with Crippen LogP contribution in [0.25, 0.3) is 0 Å². The van der Waals surface area contributed by atoms with Crippen LogP contribution in [0.1, 0.15) is 34.6 Å². The maximum absolute atomic E-state index is 11.9. The van der Waals surface area contributed by atoms with E-state index in [9.17, 15) is 9.59 Å². The Labute approximate surface area is 110 Å². The SMILES string of the molecule is CCN(CC)CCNC(=O)C(NC(C)=O)C(C)C. The molecule has 0 fully saturated rings. The van der Waals surface area contributed by atoms with Crippen LogP contribution < -0.4 is 10.6 Å². The van der Waals surface area contributed by atoms with E-state index >= 15 is 0 Å². The summed E-state index contributed by atoms with van der Waals surface area (Å²) < 4.78 is 0. The monoisotopic (exact) mass is 257 g/mol. The molecule has 0 bridgehead atoms. The number of amides is 2. The predicted molar refractivity (Wildman–Crippen MR) is 73.2 cm³/mol. The van der Waals surface area contributed by atoms with Gasteiger partial charge in [-0.3, -0.25) is 9.59 Å². The largest absolute Gasteiger partial charge is 0.353 e. The molecule has 2 amide bonds. The van der Waals surface area contributed by atoms with Crippen LogP contribution in [-0.2, 0) is 9.59 Å². The van der Waals surface area contributed by atoms with Gasteiger partial charge in [-0.2, -0.15) is 0 Å². The van der Waals surface area contributed by atoms with E-state index in [1.54, 1.807) is 0 Å². The fraction of sp³-hybridized carbons (Fsp3) is 0.846. The van der Waals surface area contributed by atoms with Crippen LogP contribution in [-0.4, -0.2) is 48.9 Å². The van der Waals surface area contributed by atoms with E-state index in [2.05, 4.69) is 29.4 Å². The molecule has 0 heterocycles. The lowest BCUT2D eigenvalue weighted by molar-refractivity contribution is -0.129. The highest BCUT2D eigenvalue weighted by Gasteiger charge is 2.22. The zero-order valence-electron chi connectivity index (χ0n) is 12.2. The van der Waals surface area contributed by atoms with Gasteiger partial charge in [0.2, 0.25) is 11.8 Å². The first kappa shape index (κ1) is 16.9. The number of hydrogen-bond acceptors (Lipinski definition) is 3. The van der Waals surface area contributed by atoms with Crippen LogP contribution in [0.15, 0.2) is 0 Å². The van der Waals surface area contributed by atoms with Crippen molar-refractivity contribution in [3.8, 4) is 0 Å². The van der Waals surface area contributed by atoms with Gasteiger partial charge in [0.15, 0.2) is 0 Å². The second kappa shape index (κ2) is 8.91. The molecule has 0 aromatic rings. The summed E-state index contributed by atoms with van der Waals surface area (Å²) in [4.78, 5) is 25.2. The molecule has 0 saturated carbocycles. The molecule has 0 rings (SSSR count). The average molecular weight is 257 g/mol. The van der Waals surface area contributed by atoms with Gasteiger partial charge in [0.05, 0.1) is 0 Å². The molecule has 0 aliphatic heterocycles. The Balaban J connectivity index is 4.14. The summed E-state index contributed by atoms with van der Waals surface area (Å²) in [5, 5.41) is 5.55. The van der Waals surface area contributed by atoms with Crippen LogP contribution in [0.4, 0.5) is 0 Å². The van der Waals surface area contributed by atoms with Crippen molar-refractivity contribution in [1.29, 1.82) is 0 Å². The number of carbonyl (C=O) groups excluding carboxylic acids is 2. The summed E-state index contributed by atoms with van der Waals surface area (Å²) in [7, 11) is 0. The Morgan fingerprint density at radius 1 is 1.17 bits per heavy atom. The summed E-state index contributed by atoms with van der Waals surface area (Å²) in [6, 6.07) is -0.445. The number of carbonyl (C=O) groups is 2. The third-order valence-corrected chi connectivity index (χ3v) is 2.93. The number of hydrogen-bond donors (Lipinski definition) is 2. The third-order valence-electron chi connectivity index (χ3n) is 2.93. The summed E-state index contributed by atoms with van der Waals surface area (Å²) >= 11 is 0. The lowest BCUT2D eigenvalue weighted by atomic mass is 10.0. The Morgan fingerprint density at radius 3 is 2.11 bits per heavy atom. The molecule has 0 saturated heterocycles. The minimum atomic E-state index is -0.445. The highest BCUT2D eigenvalue weighted by Crippen LogP contribution is 2.01. The molecule has 1 atom stereocenters. The van der Waals surface area contributed by atoms with Gasteiger partial charge in [-0.1, -0.05) is 27.7 Å². The van der Waals surface area contributed by atoms with E-state index in [0.717, 1.165) is 19.6 Å². The van der Waals surface area contributed by atoms with Crippen molar-refractivity contribution in [2.24, 2.45) is 5.92 Å². The molecule has 0 aromatic carbocycles. The molecule has 106 valence electrons. The summed E-state index contributed by atoms with van der Waals surface area (Å²) in [5.41, 5.74) is 0. The van der Waals surface area contributed by atoms with Crippen molar-refractivity contribution in [2.45, 2.75) is 40.7 Å². The molecule has 0 aromatic heterocycles. The van der Waals surface area contributed by atoms with Crippen molar-refractivity contribution in [3.63, 3.8) is 0 Å². The lowest BCUT2D eigenvalue weighted by Crippen LogP contribution is -2.50. The lowest BCUT2D eigenvalue weighted by Gasteiger charge is -2.22. The molecule has 0 spiro atoms. The maximum atomic E-state index is 11.9. The first-order chi connectivity index (χ1) is 8.42. The van der Waals surface area contributed by atoms with E-state index in [-0.39, 0.29) is 17.7 Å². The first-order valence-electron chi connectivity index (χ1n) is 6.69. The Bertz CT molecular complexity index is 263. The van der Waals surface area contributed by atoms with Gasteiger partial charge >= 0.3 is 0 Å². The molecular formula is C13H27N3O2. The van der Waals surface area contributed by atoms with Gasteiger partial charge in [0.25, 0.3) is 0 Å². The van der Waals surface area contributed by atoms with Gasteiger partial charge < -0.3 is 15.5 Å². The fourth-order valence-electron chi connectivity index (χ4n) is 1.74. The second-order valence-corrected chi connectivity index (χ2v) is 4.74. The molecule has 5 heteroatoms. The number of likely N-dealkylation sites (N-methyl/N-ethyl adjacent to an activating group) is 1. The number of rotatable bonds is 8. The van der Waals surface area contributed by atoms with Gasteiger partial charge in [0.1, 0.15) is 6.04 Å². The Kier molecular flexibility index (Phi) is 8.37. The normalized spacial score (nSPS) is 12.6. The number of nitrogens with one attached hydrogen (secondary N) is 2. The molecule has 2 N–H and O–H groups in total. The van der Waals surface area contributed by atoms with E-state index in [1.807, 2.05) is 13.8 Å². The zero-order chi connectivity index (χ0) is 14.1. The Morgan fingerprint density at radius 2 is 1.72 bits per heavy atom. The van der Waals surface area contributed by atoms with Crippen LogP contribution in [0, 0.1) is 5.92 Å². The quantitative estimate of drug-likeness (QED) is 0.669. The molecule has 0 aliphatic carbocycles. The van der Waals surface area contributed by atoms with Crippen LogP contribution in [0.5, 0.6) is 0 Å². The topological polar surface area (TPSA) is 61.4 Å². The van der Waals surface area contributed by atoms with Crippen molar-refractivity contribution in [2.75, 3.05) is 26.2 Å². The summed E-state index contributed by atoms with van der Waals surface area (Å²) in [6.07, 6.45) is 0. The van der Waals surface area contributed by atoms with Crippen LogP contribution in [0.3, 0.4) is 0 Å². The summed E-state index contributed by atoms with van der Waals surface area (Å²) in [6.45, 7) is 12.9. The molecule has 0 aliphatic rings. The molecular weight excluding hydrogens is 230 g/mol. The maximum Gasteiger partial charge on any atom is 0.242 e. The highest BCUT2D eigenvalue weighted by atomic mass is 16.2. The smallest absolute Gasteiger partial charge is 0.242 e. The number of nitrogens with zero attached hydrogens (tertiary/aromatic N) is 1. The van der Waals surface area contributed by atoms with E-state index < -0.39 is 6.04 Å². The standard InChI is InChI=1S/C13H27N3O2/c1-6-16(7-2)9-8-14-13(18)12(10(3)4)15-11(5)17/h10,12H,6-9H2,1-5H3,(H,14,18)(H,15,17). The molecule has 0 radical (unpaired) electrons. The average Bonchev–Trinajstić information content (AvgIpc) is 2.30. The first-order valence-corrected chi connectivity index (χ1v) is 6.69. The molecule has 18 heavy (non-hydrogen) atoms. The van der Waals surface area contributed by atoms with Gasteiger partial charge in [-0.15, -0.1) is 0 Å². The van der Waals surface area contributed by atoms with E-state index in [1.165, 1.54) is 6.92 Å². The molecule has 1 unspecified atom stereocenters. The minimum Gasteiger partial charge on any atom is -0.353 e. The van der Waals surface area contributed by atoms with Crippen molar-refractivity contribution < 1.29 is 9.59 Å². The molecule has 5 nitrogen and oxygen atoms in total. The van der Waals surface area contributed by atoms with Crippen LogP contribution >= 0.6 is 0 Å². The van der Waals surface area contributed by atoms with Gasteiger partial charge in [0, 0.05) is 20.0 Å². The fourth-order valence-corrected chi connectivity index (χ4v) is 1.74. The van der Waals surface area contributed by atoms with Crippen LogP contribution in [0.2, 0.25) is 0 Å². The highest BCUT2D eigenvalue weighted by molar-refractivity contribution is 5.86. The minimum absolute atomic E-state index is 0.0855. The van der Waals surface area contributed by atoms with Crippen molar-refractivity contribution in [3.05, 3.63) is 0 Å².